The van der Waals surface area contributed by atoms with Gasteiger partial charge in [0.15, 0.2) is 0 Å². The Hall–Kier alpha value is -0.930. The molecule has 0 aliphatic rings. The van der Waals surface area contributed by atoms with Crippen molar-refractivity contribution >= 4 is 0 Å². The SMILES string of the molecule is CC(C)(C)CCOC(CN)c1ccncc1. The largest absolute Gasteiger partial charge is 0.372 e. The van der Waals surface area contributed by atoms with Crippen LogP contribution in [0.2, 0.25) is 0 Å². The molecule has 1 aromatic rings. The van der Waals surface area contributed by atoms with Gasteiger partial charge in [0.25, 0.3) is 0 Å². The molecule has 1 aromatic heterocycles. The summed E-state index contributed by atoms with van der Waals surface area (Å²) in [6, 6.07) is 3.91. The van der Waals surface area contributed by atoms with E-state index in [0.717, 1.165) is 18.6 Å². The zero-order chi connectivity index (χ0) is 12.0. The Labute approximate surface area is 98.0 Å². The molecule has 0 aromatic carbocycles. The third kappa shape index (κ3) is 4.73. The van der Waals surface area contributed by atoms with E-state index in [1.54, 1.807) is 12.4 Å². The van der Waals surface area contributed by atoms with Crippen LogP contribution in [-0.2, 0) is 4.74 Å². The van der Waals surface area contributed by atoms with Crippen LogP contribution in [0.15, 0.2) is 24.5 Å². The molecule has 1 heterocycles. The van der Waals surface area contributed by atoms with Crippen molar-refractivity contribution in [3.8, 4) is 0 Å². The summed E-state index contributed by atoms with van der Waals surface area (Å²) in [6.07, 6.45) is 4.57. The summed E-state index contributed by atoms with van der Waals surface area (Å²) in [5.41, 5.74) is 7.12. The van der Waals surface area contributed by atoms with Gasteiger partial charge >= 0.3 is 0 Å². The molecular formula is C13H22N2O. The number of nitrogens with zero attached hydrogens (tertiary/aromatic N) is 1. The molecule has 3 heteroatoms. The number of ether oxygens (including phenoxy) is 1. The van der Waals surface area contributed by atoms with Crippen molar-refractivity contribution in [2.45, 2.75) is 33.3 Å². The molecular weight excluding hydrogens is 200 g/mol. The molecule has 1 atom stereocenters. The van der Waals surface area contributed by atoms with Crippen LogP contribution in [0, 0.1) is 5.41 Å². The van der Waals surface area contributed by atoms with E-state index in [9.17, 15) is 0 Å². The lowest BCUT2D eigenvalue weighted by Crippen LogP contribution is -2.18. The normalized spacial score (nSPS) is 13.8. The van der Waals surface area contributed by atoms with Gasteiger partial charge < -0.3 is 10.5 Å². The maximum absolute atomic E-state index is 5.80. The number of hydrogen-bond acceptors (Lipinski definition) is 3. The Kier molecular flexibility index (Phi) is 4.90. The van der Waals surface area contributed by atoms with Crippen molar-refractivity contribution in [2.75, 3.05) is 13.2 Å². The first-order valence-corrected chi connectivity index (χ1v) is 5.74. The Morgan fingerprint density at radius 2 is 1.94 bits per heavy atom. The van der Waals surface area contributed by atoms with Crippen LogP contribution in [0.25, 0.3) is 0 Å². The summed E-state index contributed by atoms with van der Waals surface area (Å²) >= 11 is 0. The molecule has 0 bridgehead atoms. The van der Waals surface area contributed by atoms with Gasteiger partial charge in [-0.2, -0.15) is 0 Å². The second-order valence-electron chi connectivity index (χ2n) is 5.19. The molecule has 0 aliphatic heterocycles. The van der Waals surface area contributed by atoms with Crippen LogP contribution in [0.3, 0.4) is 0 Å². The number of pyridine rings is 1. The first kappa shape index (κ1) is 13.1. The Bertz CT molecular complexity index is 293. The second-order valence-corrected chi connectivity index (χ2v) is 5.19. The molecule has 3 nitrogen and oxygen atoms in total. The standard InChI is InChI=1S/C13H22N2O/c1-13(2,3)6-9-16-12(10-14)11-4-7-15-8-5-11/h4-5,7-8,12H,6,9-10,14H2,1-3H3. The van der Waals surface area contributed by atoms with Crippen LogP contribution < -0.4 is 5.73 Å². The summed E-state index contributed by atoms with van der Waals surface area (Å²) in [5.74, 6) is 0. The molecule has 90 valence electrons. The molecule has 0 saturated carbocycles. The first-order chi connectivity index (χ1) is 7.53. The van der Waals surface area contributed by atoms with Gasteiger partial charge in [0, 0.05) is 25.5 Å². The van der Waals surface area contributed by atoms with Crippen LogP contribution in [-0.4, -0.2) is 18.1 Å². The van der Waals surface area contributed by atoms with Crippen molar-refractivity contribution in [3.63, 3.8) is 0 Å². The van der Waals surface area contributed by atoms with Gasteiger partial charge in [-0.05, 0) is 29.5 Å². The summed E-state index contributed by atoms with van der Waals surface area (Å²) in [7, 11) is 0. The van der Waals surface area contributed by atoms with E-state index in [1.165, 1.54) is 0 Å². The average molecular weight is 222 g/mol. The van der Waals surface area contributed by atoms with Crippen molar-refractivity contribution in [3.05, 3.63) is 30.1 Å². The molecule has 1 rings (SSSR count). The average Bonchev–Trinajstić information content (AvgIpc) is 2.24. The maximum Gasteiger partial charge on any atom is 0.0948 e. The Morgan fingerprint density at radius 1 is 1.31 bits per heavy atom. The maximum atomic E-state index is 5.80. The van der Waals surface area contributed by atoms with Crippen molar-refractivity contribution in [1.29, 1.82) is 0 Å². The van der Waals surface area contributed by atoms with E-state index in [0.29, 0.717) is 12.0 Å². The van der Waals surface area contributed by atoms with E-state index < -0.39 is 0 Å². The molecule has 0 saturated heterocycles. The molecule has 0 amide bonds. The van der Waals surface area contributed by atoms with Gasteiger partial charge in [0.2, 0.25) is 0 Å². The molecule has 0 spiro atoms. The Balaban J connectivity index is 2.45. The van der Waals surface area contributed by atoms with Crippen LogP contribution in [0.1, 0.15) is 38.9 Å². The lowest BCUT2D eigenvalue weighted by molar-refractivity contribution is 0.0422. The predicted molar refractivity (Wildman–Crippen MR) is 66.1 cm³/mol. The second kappa shape index (κ2) is 5.97. The topological polar surface area (TPSA) is 48.1 Å². The highest BCUT2D eigenvalue weighted by atomic mass is 16.5. The zero-order valence-corrected chi connectivity index (χ0v) is 10.4. The monoisotopic (exact) mass is 222 g/mol. The van der Waals surface area contributed by atoms with Gasteiger partial charge in [-0.1, -0.05) is 20.8 Å². The van der Waals surface area contributed by atoms with E-state index in [4.69, 9.17) is 10.5 Å². The summed E-state index contributed by atoms with van der Waals surface area (Å²) in [4.78, 5) is 3.99. The van der Waals surface area contributed by atoms with Gasteiger partial charge in [0.05, 0.1) is 6.10 Å². The lowest BCUT2D eigenvalue weighted by atomic mass is 9.93. The van der Waals surface area contributed by atoms with Crippen molar-refractivity contribution in [2.24, 2.45) is 11.1 Å². The van der Waals surface area contributed by atoms with E-state index in [1.807, 2.05) is 12.1 Å². The minimum atomic E-state index is -0.00894. The smallest absolute Gasteiger partial charge is 0.0948 e. The van der Waals surface area contributed by atoms with Crippen molar-refractivity contribution in [1.82, 2.24) is 4.98 Å². The van der Waals surface area contributed by atoms with Gasteiger partial charge in [-0.15, -0.1) is 0 Å². The van der Waals surface area contributed by atoms with Crippen LogP contribution >= 0.6 is 0 Å². The van der Waals surface area contributed by atoms with Crippen molar-refractivity contribution < 1.29 is 4.74 Å². The van der Waals surface area contributed by atoms with Crippen LogP contribution in [0.4, 0.5) is 0 Å². The number of rotatable bonds is 5. The molecule has 0 radical (unpaired) electrons. The quantitative estimate of drug-likeness (QED) is 0.832. The molecule has 16 heavy (non-hydrogen) atoms. The van der Waals surface area contributed by atoms with E-state index >= 15 is 0 Å². The summed E-state index contributed by atoms with van der Waals surface area (Å²) < 4.78 is 5.80. The number of aromatic nitrogens is 1. The minimum Gasteiger partial charge on any atom is -0.372 e. The summed E-state index contributed by atoms with van der Waals surface area (Å²) in [6.45, 7) is 7.88. The fourth-order valence-electron chi connectivity index (χ4n) is 1.39. The molecule has 1 unspecified atom stereocenters. The fourth-order valence-corrected chi connectivity index (χ4v) is 1.39. The predicted octanol–water partition coefficient (Wildman–Crippen LogP) is 2.53. The van der Waals surface area contributed by atoms with Gasteiger partial charge in [0.1, 0.15) is 0 Å². The number of nitrogens with two attached hydrogens (primary N) is 1. The van der Waals surface area contributed by atoms with E-state index in [-0.39, 0.29) is 6.10 Å². The zero-order valence-electron chi connectivity index (χ0n) is 10.4. The van der Waals surface area contributed by atoms with E-state index in [2.05, 4.69) is 25.8 Å². The highest BCUT2D eigenvalue weighted by Crippen LogP contribution is 2.21. The number of hydrogen-bond donors (Lipinski definition) is 1. The Morgan fingerprint density at radius 3 is 2.44 bits per heavy atom. The molecule has 0 aliphatic carbocycles. The van der Waals surface area contributed by atoms with Gasteiger partial charge in [-0.3, -0.25) is 4.98 Å². The lowest BCUT2D eigenvalue weighted by Gasteiger charge is -2.21. The third-order valence-electron chi connectivity index (χ3n) is 2.46. The highest BCUT2D eigenvalue weighted by Gasteiger charge is 2.13. The third-order valence-corrected chi connectivity index (χ3v) is 2.46. The van der Waals surface area contributed by atoms with Crippen LogP contribution in [0.5, 0.6) is 0 Å². The minimum absolute atomic E-state index is 0.00894. The first-order valence-electron chi connectivity index (χ1n) is 5.74. The van der Waals surface area contributed by atoms with Gasteiger partial charge in [-0.25, -0.2) is 0 Å². The molecule has 2 N–H and O–H groups in total. The summed E-state index contributed by atoms with van der Waals surface area (Å²) in [5, 5.41) is 0. The fraction of sp³-hybridized carbons (Fsp3) is 0.615. The highest BCUT2D eigenvalue weighted by molar-refractivity contribution is 5.13. The molecule has 0 fully saturated rings.